The van der Waals surface area contributed by atoms with Gasteiger partial charge in [-0.2, -0.15) is 0 Å². The first-order valence-corrected chi connectivity index (χ1v) is 6.15. The van der Waals surface area contributed by atoms with Crippen LogP contribution in [0.5, 0.6) is 5.75 Å². The zero-order valence-corrected chi connectivity index (χ0v) is 10.8. The third-order valence-electron chi connectivity index (χ3n) is 2.87. The van der Waals surface area contributed by atoms with Gasteiger partial charge >= 0.3 is 5.97 Å². The summed E-state index contributed by atoms with van der Waals surface area (Å²) in [6.45, 7) is 0.296. The number of hydrogen-bond acceptors (Lipinski definition) is 3. The van der Waals surface area contributed by atoms with Crippen molar-refractivity contribution in [2.45, 2.75) is 13.0 Å². The van der Waals surface area contributed by atoms with Gasteiger partial charge in [0.05, 0.1) is 6.42 Å². The Hall–Kier alpha value is -2.62. The molecule has 2 aromatic carbocycles. The van der Waals surface area contributed by atoms with E-state index in [1.807, 2.05) is 12.1 Å². The number of carbonyl (C=O) groups excluding carboxylic acids is 1. The Kier molecular flexibility index (Phi) is 4.50. The fraction of sp³-hybridized carbons (Fsp3) is 0.125. The molecule has 0 radical (unpaired) electrons. The summed E-state index contributed by atoms with van der Waals surface area (Å²) < 4.78 is 5.60. The van der Waals surface area contributed by atoms with Crippen LogP contribution < -0.4 is 4.74 Å². The molecule has 0 aliphatic rings. The number of carboxylic acids is 1. The van der Waals surface area contributed by atoms with Crippen LogP contribution in [0, 0.1) is 0 Å². The topological polar surface area (TPSA) is 63.6 Å². The molecule has 4 nitrogen and oxygen atoms in total. The molecule has 0 fully saturated rings. The van der Waals surface area contributed by atoms with Crippen molar-refractivity contribution in [3.63, 3.8) is 0 Å². The van der Waals surface area contributed by atoms with Crippen LogP contribution in [0.25, 0.3) is 0 Å². The molecule has 0 heterocycles. The summed E-state index contributed by atoms with van der Waals surface area (Å²) in [4.78, 5) is 21.3. The molecule has 2 rings (SSSR count). The van der Waals surface area contributed by atoms with Crippen molar-refractivity contribution in [3.05, 3.63) is 65.2 Å². The monoisotopic (exact) mass is 270 g/mol. The Bertz CT molecular complexity index is 602. The van der Waals surface area contributed by atoms with E-state index in [-0.39, 0.29) is 6.42 Å². The Labute approximate surface area is 116 Å². The standard InChI is InChI=1S/C16H14O4/c17-10-12-5-7-15(8-6-12)20-11-14-4-2-1-3-13(14)9-16(18)19/h1-8,10H,9,11H2,(H,18,19). The third-order valence-corrected chi connectivity index (χ3v) is 2.87. The molecule has 0 amide bonds. The van der Waals surface area contributed by atoms with E-state index >= 15 is 0 Å². The summed E-state index contributed by atoms with van der Waals surface area (Å²) in [7, 11) is 0. The Balaban J connectivity index is 2.06. The van der Waals surface area contributed by atoms with Gasteiger partial charge in [-0.3, -0.25) is 9.59 Å². The summed E-state index contributed by atoms with van der Waals surface area (Å²) in [5.74, 6) is -0.228. The van der Waals surface area contributed by atoms with Gasteiger partial charge < -0.3 is 9.84 Å². The lowest BCUT2D eigenvalue weighted by Crippen LogP contribution is -2.05. The predicted octanol–water partition coefficient (Wildman–Crippen LogP) is 2.71. The Morgan fingerprint density at radius 2 is 1.70 bits per heavy atom. The summed E-state index contributed by atoms with van der Waals surface area (Å²) in [6.07, 6.45) is 0.746. The first kappa shape index (κ1) is 13.8. The van der Waals surface area contributed by atoms with Crippen LogP contribution in [-0.2, 0) is 17.8 Å². The van der Waals surface area contributed by atoms with Crippen LogP contribution in [0.15, 0.2) is 48.5 Å². The summed E-state index contributed by atoms with van der Waals surface area (Å²) in [5, 5.41) is 8.86. The molecule has 0 bridgehead atoms. The third kappa shape index (κ3) is 3.68. The van der Waals surface area contributed by atoms with E-state index in [9.17, 15) is 9.59 Å². The van der Waals surface area contributed by atoms with E-state index in [0.29, 0.717) is 17.9 Å². The number of ether oxygens (including phenoxy) is 1. The molecule has 0 aromatic heterocycles. The largest absolute Gasteiger partial charge is 0.489 e. The zero-order chi connectivity index (χ0) is 14.4. The van der Waals surface area contributed by atoms with Crippen LogP contribution >= 0.6 is 0 Å². The van der Waals surface area contributed by atoms with Crippen molar-refractivity contribution >= 4 is 12.3 Å². The molecule has 0 spiro atoms. The van der Waals surface area contributed by atoms with Crippen LogP contribution in [0.3, 0.4) is 0 Å². The minimum atomic E-state index is -0.868. The van der Waals surface area contributed by atoms with Gasteiger partial charge in [0.1, 0.15) is 18.6 Å². The van der Waals surface area contributed by atoms with E-state index in [1.165, 1.54) is 0 Å². The summed E-state index contributed by atoms with van der Waals surface area (Å²) in [5.41, 5.74) is 2.17. The summed E-state index contributed by atoms with van der Waals surface area (Å²) in [6, 6.07) is 14.0. The van der Waals surface area contributed by atoms with Crippen molar-refractivity contribution in [2.75, 3.05) is 0 Å². The molecular formula is C16H14O4. The Morgan fingerprint density at radius 3 is 2.30 bits per heavy atom. The number of carbonyl (C=O) groups is 2. The molecule has 102 valence electrons. The molecule has 0 aliphatic carbocycles. The molecule has 20 heavy (non-hydrogen) atoms. The first-order chi connectivity index (χ1) is 9.69. The van der Waals surface area contributed by atoms with Gasteiger partial charge in [-0.15, -0.1) is 0 Å². The number of aliphatic carboxylic acids is 1. The fourth-order valence-corrected chi connectivity index (χ4v) is 1.84. The number of carboxylic acid groups (broad SMARTS) is 1. The number of rotatable bonds is 6. The van der Waals surface area contributed by atoms with Gasteiger partial charge in [0.15, 0.2) is 0 Å². The van der Waals surface area contributed by atoms with Gasteiger partial charge in [-0.05, 0) is 35.4 Å². The fourth-order valence-electron chi connectivity index (χ4n) is 1.84. The highest BCUT2D eigenvalue weighted by Gasteiger charge is 2.06. The lowest BCUT2D eigenvalue weighted by atomic mass is 10.1. The maximum atomic E-state index is 10.8. The second-order valence-corrected chi connectivity index (χ2v) is 4.31. The van der Waals surface area contributed by atoms with Gasteiger partial charge in [0, 0.05) is 5.56 Å². The molecule has 2 aromatic rings. The highest BCUT2D eigenvalue weighted by atomic mass is 16.5. The van der Waals surface area contributed by atoms with Crippen molar-refractivity contribution in [1.82, 2.24) is 0 Å². The van der Waals surface area contributed by atoms with E-state index in [4.69, 9.17) is 9.84 Å². The van der Waals surface area contributed by atoms with Crippen LogP contribution in [0.2, 0.25) is 0 Å². The molecule has 0 atom stereocenters. The number of hydrogen-bond donors (Lipinski definition) is 1. The molecule has 0 aliphatic heterocycles. The lowest BCUT2D eigenvalue weighted by molar-refractivity contribution is -0.136. The van der Waals surface area contributed by atoms with Gasteiger partial charge in [0.25, 0.3) is 0 Å². The van der Waals surface area contributed by atoms with Gasteiger partial charge in [-0.25, -0.2) is 0 Å². The second-order valence-electron chi connectivity index (χ2n) is 4.31. The number of aldehydes is 1. The Morgan fingerprint density at radius 1 is 1.05 bits per heavy atom. The SMILES string of the molecule is O=Cc1ccc(OCc2ccccc2CC(=O)O)cc1. The van der Waals surface area contributed by atoms with Crippen LogP contribution in [0.4, 0.5) is 0 Å². The smallest absolute Gasteiger partial charge is 0.307 e. The van der Waals surface area contributed by atoms with Crippen molar-refractivity contribution < 1.29 is 19.4 Å². The van der Waals surface area contributed by atoms with E-state index in [1.54, 1.807) is 36.4 Å². The summed E-state index contributed by atoms with van der Waals surface area (Å²) >= 11 is 0. The molecule has 0 unspecified atom stereocenters. The van der Waals surface area contributed by atoms with Crippen molar-refractivity contribution in [1.29, 1.82) is 0 Å². The van der Waals surface area contributed by atoms with Gasteiger partial charge in [0.2, 0.25) is 0 Å². The van der Waals surface area contributed by atoms with Crippen molar-refractivity contribution in [3.8, 4) is 5.75 Å². The van der Waals surface area contributed by atoms with E-state index in [2.05, 4.69) is 0 Å². The minimum absolute atomic E-state index is 0.0242. The maximum absolute atomic E-state index is 10.8. The molecular weight excluding hydrogens is 256 g/mol. The second kappa shape index (κ2) is 6.52. The molecule has 4 heteroatoms. The quantitative estimate of drug-likeness (QED) is 0.820. The van der Waals surface area contributed by atoms with Crippen LogP contribution in [-0.4, -0.2) is 17.4 Å². The molecule has 1 N–H and O–H groups in total. The van der Waals surface area contributed by atoms with Gasteiger partial charge in [-0.1, -0.05) is 24.3 Å². The maximum Gasteiger partial charge on any atom is 0.307 e. The first-order valence-electron chi connectivity index (χ1n) is 6.15. The van der Waals surface area contributed by atoms with E-state index in [0.717, 1.165) is 17.4 Å². The minimum Gasteiger partial charge on any atom is -0.489 e. The van der Waals surface area contributed by atoms with Crippen LogP contribution in [0.1, 0.15) is 21.5 Å². The van der Waals surface area contributed by atoms with E-state index < -0.39 is 5.97 Å². The molecule has 0 saturated carbocycles. The average Bonchev–Trinajstić information content (AvgIpc) is 2.46. The zero-order valence-electron chi connectivity index (χ0n) is 10.8. The number of benzene rings is 2. The predicted molar refractivity (Wildman–Crippen MR) is 73.9 cm³/mol. The average molecular weight is 270 g/mol. The molecule has 0 saturated heterocycles. The normalized spacial score (nSPS) is 10.0. The van der Waals surface area contributed by atoms with Crippen molar-refractivity contribution in [2.24, 2.45) is 0 Å². The lowest BCUT2D eigenvalue weighted by Gasteiger charge is -2.10. The highest BCUT2D eigenvalue weighted by molar-refractivity contribution is 5.74. The highest BCUT2D eigenvalue weighted by Crippen LogP contribution is 2.16.